The van der Waals surface area contributed by atoms with Crippen molar-refractivity contribution in [1.82, 2.24) is 4.90 Å². The van der Waals surface area contributed by atoms with E-state index in [1.165, 1.54) is 30.8 Å². The topological polar surface area (TPSA) is 29.3 Å². The van der Waals surface area contributed by atoms with Gasteiger partial charge in [0.2, 0.25) is 0 Å². The second-order valence-electron chi connectivity index (χ2n) is 4.01. The van der Waals surface area contributed by atoms with Crippen LogP contribution in [0.5, 0.6) is 0 Å². The zero-order valence-electron chi connectivity index (χ0n) is 10.8. The van der Waals surface area contributed by atoms with Crippen molar-refractivity contribution < 1.29 is 0 Å². The largest absolute Gasteiger partial charge is 0.329 e. The van der Waals surface area contributed by atoms with Gasteiger partial charge in [0.15, 0.2) is 0 Å². The van der Waals surface area contributed by atoms with Crippen molar-refractivity contribution in [3.63, 3.8) is 0 Å². The Hall–Kier alpha value is 0.270. The second kappa shape index (κ2) is 9.49. The Morgan fingerprint density at radius 3 is 2.13 bits per heavy atom. The van der Waals surface area contributed by atoms with Crippen molar-refractivity contribution >= 4 is 11.8 Å². The maximum atomic E-state index is 5.85. The van der Waals surface area contributed by atoms with Gasteiger partial charge in [0.1, 0.15) is 0 Å². The number of rotatable bonds is 9. The lowest BCUT2D eigenvalue weighted by molar-refractivity contribution is 0.164. The molecule has 0 saturated carbocycles. The van der Waals surface area contributed by atoms with Crippen LogP contribution in [0.15, 0.2) is 0 Å². The van der Waals surface area contributed by atoms with Crippen LogP contribution in [0.4, 0.5) is 0 Å². The first-order valence-electron chi connectivity index (χ1n) is 6.20. The molecule has 2 N–H and O–H groups in total. The molecule has 0 aliphatic carbocycles. The van der Waals surface area contributed by atoms with Crippen molar-refractivity contribution in [2.75, 3.05) is 25.1 Å². The van der Waals surface area contributed by atoms with Gasteiger partial charge in [0.05, 0.1) is 0 Å². The third kappa shape index (κ3) is 5.79. The smallest absolute Gasteiger partial charge is 0.0226 e. The van der Waals surface area contributed by atoms with Gasteiger partial charge in [-0.1, -0.05) is 20.8 Å². The molecule has 0 aromatic heterocycles. The van der Waals surface area contributed by atoms with Crippen LogP contribution in [0, 0.1) is 0 Å². The number of hydrogen-bond acceptors (Lipinski definition) is 3. The lowest BCUT2D eigenvalue weighted by Gasteiger charge is -2.33. The highest BCUT2D eigenvalue weighted by atomic mass is 32.2. The van der Waals surface area contributed by atoms with E-state index in [9.17, 15) is 0 Å². The minimum Gasteiger partial charge on any atom is -0.329 e. The van der Waals surface area contributed by atoms with Gasteiger partial charge in [-0.15, -0.1) is 0 Å². The SMILES string of the molecule is CCSCCC(CN)N(C)C(CC)CC. The summed E-state index contributed by atoms with van der Waals surface area (Å²) in [6, 6.07) is 1.26. The third-order valence-electron chi connectivity index (χ3n) is 3.17. The van der Waals surface area contributed by atoms with Crippen LogP contribution in [-0.2, 0) is 0 Å². The van der Waals surface area contributed by atoms with Crippen molar-refractivity contribution in [2.24, 2.45) is 5.73 Å². The first kappa shape index (κ1) is 15.3. The van der Waals surface area contributed by atoms with E-state index in [1.54, 1.807) is 0 Å². The minimum atomic E-state index is 0.564. The van der Waals surface area contributed by atoms with Gasteiger partial charge in [0.25, 0.3) is 0 Å². The van der Waals surface area contributed by atoms with E-state index in [1.807, 2.05) is 11.8 Å². The van der Waals surface area contributed by atoms with Gasteiger partial charge in [-0.2, -0.15) is 11.8 Å². The normalized spacial score (nSPS) is 13.8. The molecular weight excluding hydrogens is 204 g/mol. The fraction of sp³-hybridized carbons (Fsp3) is 1.00. The quantitative estimate of drug-likeness (QED) is 0.620. The van der Waals surface area contributed by atoms with Gasteiger partial charge in [-0.05, 0) is 37.8 Å². The number of nitrogens with zero attached hydrogens (tertiary/aromatic N) is 1. The predicted octanol–water partition coefficient (Wildman–Crippen LogP) is 2.58. The van der Waals surface area contributed by atoms with E-state index < -0.39 is 0 Å². The van der Waals surface area contributed by atoms with E-state index in [0.29, 0.717) is 12.1 Å². The standard InChI is InChI=1S/C12H28N2S/c1-5-11(6-2)14(4)12(10-13)8-9-15-7-3/h11-12H,5-10,13H2,1-4H3. The second-order valence-corrected chi connectivity index (χ2v) is 5.40. The molecule has 0 fully saturated rings. The molecule has 1 unspecified atom stereocenters. The van der Waals surface area contributed by atoms with Gasteiger partial charge in [0, 0.05) is 18.6 Å². The van der Waals surface area contributed by atoms with E-state index >= 15 is 0 Å². The summed E-state index contributed by atoms with van der Waals surface area (Å²) in [5.74, 6) is 2.45. The minimum absolute atomic E-state index is 0.564. The number of nitrogens with two attached hydrogens (primary N) is 1. The summed E-state index contributed by atoms with van der Waals surface area (Å²) in [7, 11) is 2.23. The molecule has 92 valence electrons. The molecule has 0 saturated heterocycles. The average molecular weight is 232 g/mol. The zero-order chi connectivity index (χ0) is 11.7. The molecule has 0 aromatic carbocycles. The summed E-state index contributed by atoms with van der Waals surface area (Å²) in [6.45, 7) is 7.53. The van der Waals surface area contributed by atoms with Crippen LogP contribution in [0.1, 0.15) is 40.0 Å². The van der Waals surface area contributed by atoms with Crippen LogP contribution < -0.4 is 5.73 Å². The molecule has 0 bridgehead atoms. The molecule has 0 amide bonds. The van der Waals surface area contributed by atoms with Crippen LogP contribution in [-0.4, -0.2) is 42.1 Å². The molecule has 0 aliphatic rings. The fourth-order valence-electron chi connectivity index (χ4n) is 2.01. The lowest BCUT2D eigenvalue weighted by atomic mass is 10.1. The number of thioether (sulfide) groups is 1. The highest BCUT2D eigenvalue weighted by Crippen LogP contribution is 2.14. The zero-order valence-corrected chi connectivity index (χ0v) is 11.6. The third-order valence-corrected chi connectivity index (χ3v) is 4.10. The van der Waals surface area contributed by atoms with Gasteiger partial charge < -0.3 is 5.73 Å². The molecule has 0 spiro atoms. The molecule has 0 rings (SSSR count). The molecule has 0 aliphatic heterocycles. The summed E-state index contributed by atoms with van der Waals surface area (Å²) in [6.07, 6.45) is 3.68. The van der Waals surface area contributed by atoms with E-state index in [0.717, 1.165) is 6.54 Å². The highest BCUT2D eigenvalue weighted by molar-refractivity contribution is 7.99. The molecule has 0 aromatic rings. The Labute approximate surface area is 100.0 Å². The Bertz CT molecular complexity index is 138. The van der Waals surface area contributed by atoms with E-state index in [4.69, 9.17) is 5.73 Å². The van der Waals surface area contributed by atoms with E-state index in [2.05, 4.69) is 32.7 Å². The highest BCUT2D eigenvalue weighted by Gasteiger charge is 2.18. The summed E-state index contributed by atoms with van der Waals surface area (Å²) in [5.41, 5.74) is 5.85. The molecule has 2 nitrogen and oxygen atoms in total. The van der Waals surface area contributed by atoms with Crippen LogP contribution >= 0.6 is 11.8 Å². The molecule has 3 heteroatoms. The first-order valence-corrected chi connectivity index (χ1v) is 7.36. The molecular formula is C12H28N2S. The Morgan fingerprint density at radius 2 is 1.73 bits per heavy atom. The summed E-state index contributed by atoms with van der Waals surface area (Å²) < 4.78 is 0. The van der Waals surface area contributed by atoms with Crippen LogP contribution in [0.25, 0.3) is 0 Å². The van der Waals surface area contributed by atoms with Gasteiger partial charge >= 0.3 is 0 Å². The molecule has 15 heavy (non-hydrogen) atoms. The van der Waals surface area contributed by atoms with Crippen molar-refractivity contribution in [3.05, 3.63) is 0 Å². The summed E-state index contributed by atoms with van der Waals surface area (Å²) in [5, 5.41) is 0. The Kier molecular flexibility index (Phi) is 9.66. The maximum Gasteiger partial charge on any atom is 0.0226 e. The summed E-state index contributed by atoms with van der Waals surface area (Å²) >= 11 is 2.01. The lowest BCUT2D eigenvalue weighted by Crippen LogP contribution is -2.44. The number of likely N-dealkylation sites (N-methyl/N-ethyl adjacent to an activating group) is 1. The van der Waals surface area contributed by atoms with E-state index in [-0.39, 0.29) is 0 Å². The predicted molar refractivity (Wildman–Crippen MR) is 72.6 cm³/mol. The molecule has 0 heterocycles. The molecule has 0 radical (unpaired) electrons. The monoisotopic (exact) mass is 232 g/mol. The van der Waals surface area contributed by atoms with Crippen molar-refractivity contribution in [1.29, 1.82) is 0 Å². The Balaban J connectivity index is 4.01. The Morgan fingerprint density at radius 1 is 1.13 bits per heavy atom. The van der Waals surface area contributed by atoms with Crippen LogP contribution in [0.3, 0.4) is 0 Å². The van der Waals surface area contributed by atoms with Gasteiger partial charge in [-0.3, -0.25) is 4.90 Å². The van der Waals surface area contributed by atoms with Crippen molar-refractivity contribution in [2.45, 2.75) is 52.1 Å². The maximum absolute atomic E-state index is 5.85. The fourth-order valence-corrected chi connectivity index (χ4v) is 2.74. The number of hydrogen-bond donors (Lipinski definition) is 1. The van der Waals surface area contributed by atoms with Crippen molar-refractivity contribution in [3.8, 4) is 0 Å². The first-order chi connectivity index (χ1) is 7.21. The van der Waals surface area contributed by atoms with Gasteiger partial charge in [-0.25, -0.2) is 0 Å². The molecule has 1 atom stereocenters. The average Bonchev–Trinajstić information content (AvgIpc) is 2.26. The van der Waals surface area contributed by atoms with Crippen LogP contribution in [0.2, 0.25) is 0 Å². The summed E-state index contributed by atoms with van der Waals surface area (Å²) in [4.78, 5) is 2.48.